The first-order chi connectivity index (χ1) is 18.7. The maximum Gasteiger partial charge on any atom is 0.376 e. The van der Waals surface area contributed by atoms with Crippen LogP contribution in [0.2, 0.25) is 0 Å². The Labute approximate surface area is 225 Å². The number of hydrogen-bond donors (Lipinski definition) is 3. The van der Waals surface area contributed by atoms with Crippen molar-refractivity contribution in [2.75, 3.05) is 16.8 Å². The van der Waals surface area contributed by atoms with E-state index in [1.807, 2.05) is 35.6 Å². The molecule has 3 aromatic carbocycles. The number of carbonyl (C=O) groups is 3. The second-order valence-electron chi connectivity index (χ2n) is 9.70. The van der Waals surface area contributed by atoms with Crippen molar-refractivity contribution >= 4 is 29.3 Å². The quantitative estimate of drug-likeness (QED) is 0.294. The Morgan fingerprint density at radius 3 is 2.13 bits per heavy atom. The Kier molecular flexibility index (Phi) is 8.91. The van der Waals surface area contributed by atoms with E-state index >= 15 is 0 Å². The monoisotopic (exact) mass is 535 g/mol. The third kappa shape index (κ3) is 7.40. The zero-order valence-corrected chi connectivity index (χ0v) is 21.4. The maximum absolute atomic E-state index is 13.3. The Balaban J connectivity index is 1.49. The fraction of sp³-hybridized carbons (Fsp3) is 0.300. The van der Waals surface area contributed by atoms with Crippen LogP contribution in [0, 0.1) is 0 Å². The van der Waals surface area contributed by atoms with Crippen LogP contribution in [0.1, 0.15) is 59.5 Å². The number of carboxylic acids is 1. The number of nitrogens with zero attached hydrogens (tertiary/aromatic N) is 1. The third-order valence-electron chi connectivity index (χ3n) is 6.89. The lowest BCUT2D eigenvalue weighted by molar-refractivity contribution is -0.163. The first-order valence-corrected chi connectivity index (χ1v) is 12.9. The van der Waals surface area contributed by atoms with Crippen molar-refractivity contribution in [3.8, 4) is 0 Å². The van der Waals surface area contributed by atoms with Crippen molar-refractivity contribution in [1.29, 1.82) is 0 Å². The van der Waals surface area contributed by atoms with Gasteiger partial charge in [0.2, 0.25) is 0 Å². The number of carbonyl (C=O) groups excluding carboxylic acids is 2. The standard InChI is InChI=1S/C30H31F2N3O4/c31-30(32,28(37)38)20-33-27(36)24-13-11-21(12-14-24)19-35(29(39)34-25-9-5-2-6-10-25)26-17-15-23(16-18-26)22-7-3-1-4-8-22/h2,5-6,9-18,22H,1,3-4,7-8,19-20H2,(H,33,36)(H,34,39)(H,37,38). The number of anilines is 2. The SMILES string of the molecule is O=C(NCC(F)(F)C(=O)O)c1ccc(CN(C(=O)Nc2ccccc2)c2ccc(C3CCCCC3)cc2)cc1. The summed E-state index contributed by atoms with van der Waals surface area (Å²) in [6.07, 6.45) is 6.08. The number of aliphatic carboxylic acids is 1. The van der Waals surface area contributed by atoms with Crippen LogP contribution in [0.4, 0.5) is 25.0 Å². The minimum absolute atomic E-state index is 0.0945. The van der Waals surface area contributed by atoms with Gasteiger partial charge >= 0.3 is 17.9 Å². The molecule has 9 heteroatoms. The molecule has 0 aromatic heterocycles. The van der Waals surface area contributed by atoms with Gasteiger partial charge in [-0.15, -0.1) is 0 Å². The molecular formula is C30H31F2N3O4. The number of hydrogen-bond acceptors (Lipinski definition) is 3. The largest absolute Gasteiger partial charge is 0.477 e. The molecule has 7 nitrogen and oxygen atoms in total. The fourth-order valence-electron chi connectivity index (χ4n) is 4.67. The van der Waals surface area contributed by atoms with Crippen LogP contribution in [-0.2, 0) is 11.3 Å². The summed E-state index contributed by atoms with van der Waals surface area (Å²) in [5.41, 5.74) is 3.43. The zero-order chi connectivity index (χ0) is 27.8. The number of rotatable bonds is 9. The van der Waals surface area contributed by atoms with E-state index in [0.717, 1.165) is 0 Å². The summed E-state index contributed by atoms with van der Waals surface area (Å²) in [5, 5.41) is 13.4. The second kappa shape index (κ2) is 12.5. The normalized spacial score (nSPS) is 13.9. The molecule has 0 unspecified atom stereocenters. The summed E-state index contributed by atoms with van der Waals surface area (Å²) in [4.78, 5) is 37.7. The van der Waals surface area contributed by atoms with Crippen LogP contribution >= 0.6 is 0 Å². The molecule has 0 spiro atoms. The molecule has 1 saturated carbocycles. The van der Waals surface area contributed by atoms with E-state index < -0.39 is 24.3 Å². The number of alkyl halides is 2. The molecular weight excluding hydrogens is 504 g/mol. The zero-order valence-electron chi connectivity index (χ0n) is 21.4. The van der Waals surface area contributed by atoms with E-state index in [2.05, 4.69) is 17.4 Å². The minimum atomic E-state index is -4.06. The van der Waals surface area contributed by atoms with E-state index in [1.165, 1.54) is 49.8 Å². The van der Waals surface area contributed by atoms with Crippen molar-refractivity contribution in [1.82, 2.24) is 5.32 Å². The number of halogens is 2. The van der Waals surface area contributed by atoms with Gasteiger partial charge in [-0.3, -0.25) is 9.69 Å². The molecule has 3 amide bonds. The smallest absolute Gasteiger partial charge is 0.376 e. The van der Waals surface area contributed by atoms with Crippen LogP contribution < -0.4 is 15.5 Å². The van der Waals surface area contributed by atoms with E-state index in [1.54, 1.807) is 29.2 Å². The third-order valence-corrected chi connectivity index (χ3v) is 6.89. The number of urea groups is 1. The average Bonchev–Trinajstić information content (AvgIpc) is 2.96. The maximum atomic E-state index is 13.3. The van der Waals surface area contributed by atoms with E-state index in [9.17, 15) is 23.2 Å². The van der Waals surface area contributed by atoms with Crippen LogP contribution in [0.5, 0.6) is 0 Å². The molecule has 1 aliphatic carbocycles. The Hall–Kier alpha value is -4.27. The van der Waals surface area contributed by atoms with Crippen molar-refractivity contribution in [2.45, 2.75) is 50.5 Å². The van der Waals surface area contributed by atoms with Crippen molar-refractivity contribution in [3.05, 3.63) is 95.6 Å². The number of amides is 3. The molecule has 0 atom stereocenters. The summed E-state index contributed by atoms with van der Waals surface area (Å²) in [6.45, 7) is -1.12. The van der Waals surface area contributed by atoms with Gasteiger partial charge in [0, 0.05) is 16.9 Å². The lowest BCUT2D eigenvalue weighted by atomic mass is 9.84. The molecule has 39 heavy (non-hydrogen) atoms. The average molecular weight is 536 g/mol. The predicted molar refractivity (Wildman–Crippen MR) is 145 cm³/mol. The molecule has 3 aromatic rings. The van der Waals surface area contributed by atoms with Gasteiger partial charge in [0.15, 0.2) is 0 Å². The topological polar surface area (TPSA) is 98.7 Å². The highest BCUT2D eigenvalue weighted by molar-refractivity contribution is 6.01. The van der Waals surface area contributed by atoms with Gasteiger partial charge in [0.05, 0.1) is 13.1 Å². The summed E-state index contributed by atoms with van der Waals surface area (Å²) < 4.78 is 26.6. The highest BCUT2D eigenvalue weighted by Gasteiger charge is 2.39. The lowest BCUT2D eigenvalue weighted by Gasteiger charge is -2.26. The Morgan fingerprint density at radius 1 is 0.872 bits per heavy atom. The van der Waals surface area contributed by atoms with E-state index in [-0.39, 0.29) is 18.1 Å². The van der Waals surface area contributed by atoms with Crippen molar-refractivity contribution < 1.29 is 28.3 Å². The lowest BCUT2D eigenvalue weighted by Crippen LogP contribution is -2.42. The van der Waals surface area contributed by atoms with E-state index in [0.29, 0.717) is 22.9 Å². The molecule has 1 aliphatic rings. The first kappa shape index (κ1) is 27.8. The van der Waals surface area contributed by atoms with Crippen LogP contribution in [0.3, 0.4) is 0 Å². The minimum Gasteiger partial charge on any atom is -0.477 e. The number of carboxylic acid groups (broad SMARTS) is 1. The molecule has 1 fully saturated rings. The van der Waals surface area contributed by atoms with E-state index in [4.69, 9.17) is 5.11 Å². The van der Waals surface area contributed by atoms with Gasteiger partial charge in [0.25, 0.3) is 5.91 Å². The molecule has 0 radical (unpaired) electrons. The van der Waals surface area contributed by atoms with Crippen LogP contribution in [0.25, 0.3) is 0 Å². The van der Waals surface area contributed by atoms with Gasteiger partial charge in [-0.25, -0.2) is 9.59 Å². The van der Waals surface area contributed by atoms with Gasteiger partial charge in [-0.2, -0.15) is 8.78 Å². The molecule has 4 rings (SSSR count). The van der Waals surface area contributed by atoms with Crippen LogP contribution in [-0.4, -0.2) is 35.5 Å². The van der Waals surface area contributed by atoms with Crippen molar-refractivity contribution in [2.24, 2.45) is 0 Å². The summed E-state index contributed by atoms with van der Waals surface area (Å²) in [6, 6.07) is 23.0. The molecule has 0 aliphatic heterocycles. The highest BCUT2D eigenvalue weighted by Crippen LogP contribution is 2.33. The van der Waals surface area contributed by atoms with Gasteiger partial charge < -0.3 is 15.7 Å². The summed E-state index contributed by atoms with van der Waals surface area (Å²) in [7, 11) is 0. The first-order valence-electron chi connectivity index (χ1n) is 12.9. The van der Waals surface area contributed by atoms with Gasteiger partial charge in [-0.1, -0.05) is 61.7 Å². The summed E-state index contributed by atoms with van der Waals surface area (Å²) in [5.74, 6) is -6.65. The fourth-order valence-corrected chi connectivity index (χ4v) is 4.67. The molecule has 0 saturated heterocycles. The van der Waals surface area contributed by atoms with Crippen molar-refractivity contribution in [3.63, 3.8) is 0 Å². The highest BCUT2D eigenvalue weighted by atomic mass is 19.3. The predicted octanol–water partition coefficient (Wildman–Crippen LogP) is 6.42. The Morgan fingerprint density at radius 2 is 1.51 bits per heavy atom. The van der Waals surface area contributed by atoms with Gasteiger partial charge in [0.1, 0.15) is 0 Å². The molecule has 204 valence electrons. The molecule has 3 N–H and O–H groups in total. The molecule has 0 bridgehead atoms. The second-order valence-corrected chi connectivity index (χ2v) is 9.70. The van der Waals surface area contributed by atoms with Crippen LogP contribution in [0.15, 0.2) is 78.9 Å². The number of benzene rings is 3. The number of para-hydroxylation sites is 1. The number of nitrogens with one attached hydrogen (secondary N) is 2. The Bertz CT molecular complexity index is 1280. The van der Waals surface area contributed by atoms with Gasteiger partial charge in [-0.05, 0) is 66.3 Å². The summed E-state index contributed by atoms with van der Waals surface area (Å²) >= 11 is 0. The molecule has 0 heterocycles.